The number of rotatable bonds is 6. The van der Waals surface area contributed by atoms with E-state index in [4.69, 9.17) is 10.5 Å². The number of para-hydroxylation sites is 1. The van der Waals surface area contributed by atoms with Crippen molar-refractivity contribution < 1.29 is 4.74 Å². The fourth-order valence-corrected chi connectivity index (χ4v) is 1.88. The van der Waals surface area contributed by atoms with Gasteiger partial charge in [0.2, 0.25) is 0 Å². The van der Waals surface area contributed by atoms with Gasteiger partial charge in [0.05, 0.1) is 6.61 Å². The standard InChI is InChI=1S/C14H22N2OS/c1-11(2)10-16-14(15)18-9-8-17-13-7-5-4-6-12(13)3/h4-7,11H,8-10H2,1-3H3,(H2,15,16). The molecule has 0 aliphatic rings. The van der Waals surface area contributed by atoms with Crippen molar-refractivity contribution in [1.29, 1.82) is 0 Å². The van der Waals surface area contributed by atoms with Crippen LogP contribution in [-0.4, -0.2) is 24.1 Å². The molecule has 1 rings (SSSR count). The quantitative estimate of drug-likeness (QED) is 0.489. The number of thioether (sulfide) groups is 1. The fraction of sp³-hybridized carbons (Fsp3) is 0.500. The number of nitrogens with zero attached hydrogens (tertiary/aromatic N) is 1. The third kappa shape index (κ3) is 5.96. The summed E-state index contributed by atoms with van der Waals surface area (Å²) < 4.78 is 5.68. The molecule has 100 valence electrons. The molecule has 0 spiro atoms. The Bertz CT molecular complexity index is 391. The molecule has 4 heteroatoms. The smallest absolute Gasteiger partial charge is 0.154 e. The molecular formula is C14H22N2OS. The number of nitrogens with two attached hydrogens (primary N) is 1. The molecule has 18 heavy (non-hydrogen) atoms. The summed E-state index contributed by atoms with van der Waals surface area (Å²) in [5, 5.41) is 0.650. The monoisotopic (exact) mass is 266 g/mol. The molecular weight excluding hydrogens is 244 g/mol. The van der Waals surface area contributed by atoms with Gasteiger partial charge < -0.3 is 10.5 Å². The van der Waals surface area contributed by atoms with E-state index in [0.29, 0.717) is 17.7 Å². The average molecular weight is 266 g/mol. The lowest BCUT2D eigenvalue weighted by molar-refractivity contribution is 0.342. The molecule has 0 bridgehead atoms. The number of ether oxygens (including phenoxy) is 1. The molecule has 0 saturated carbocycles. The van der Waals surface area contributed by atoms with Crippen LogP contribution in [0, 0.1) is 12.8 Å². The van der Waals surface area contributed by atoms with Crippen molar-refractivity contribution in [3.8, 4) is 5.75 Å². The van der Waals surface area contributed by atoms with Gasteiger partial charge in [0.15, 0.2) is 5.17 Å². The average Bonchev–Trinajstić information content (AvgIpc) is 2.34. The van der Waals surface area contributed by atoms with Crippen molar-refractivity contribution in [2.24, 2.45) is 16.6 Å². The van der Waals surface area contributed by atoms with Crippen LogP contribution >= 0.6 is 11.8 Å². The lowest BCUT2D eigenvalue weighted by Crippen LogP contribution is -2.12. The van der Waals surface area contributed by atoms with Crippen LogP contribution in [0.2, 0.25) is 0 Å². The zero-order valence-electron chi connectivity index (χ0n) is 11.3. The molecule has 0 aliphatic heterocycles. The van der Waals surface area contributed by atoms with Crippen LogP contribution in [0.4, 0.5) is 0 Å². The summed E-state index contributed by atoms with van der Waals surface area (Å²) in [5.41, 5.74) is 6.95. The molecule has 0 amide bonds. The van der Waals surface area contributed by atoms with Gasteiger partial charge in [0, 0.05) is 12.3 Å². The van der Waals surface area contributed by atoms with Gasteiger partial charge in [-0.05, 0) is 24.5 Å². The molecule has 0 heterocycles. The maximum atomic E-state index is 5.79. The molecule has 2 N–H and O–H groups in total. The van der Waals surface area contributed by atoms with Crippen molar-refractivity contribution in [3.05, 3.63) is 29.8 Å². The maximum Gasteiger partial charge on any atom is 0.154 e. The number of aliphatic imine (C=N–C) groups is 1. The lowest BCUT2D eigenvalue weighted by Gasteiger charge is -2.08. The Balaban J connectivity index is 2.23. The molecule has 0 aliphatic carbocycles. The zero-order chi connectivity index (χ0) is 13.4. The van der Waals surface area contributed by atoms with Gasteiger partial charge in [-0.1, -0.05) is 43.8 Å². The summed E-state index contributed by atoms with van der Waals surface area (Å²) in [4.78, 5) is 4.29. The van der Waals surface area contributed by atoms with Crippen LogP contribution in [0.3, 0.4) is 0 Å². The molecule has 3 nitrogen and oxygen atoms in total. The molecule has 0 radical (unpaired) electrons. The molecule has 0 fully saturated rings. The van der Waals surface area contributed by atoms with Crippen molar-refractivity contribution >= 4 is 16.9 Å². The molecule has 0 saturated heterocycles. The largest absolute Gasteiger partial charge is 0.492 e. The highest BCUT2D eigenvalue weighted by molar-refractivity contribution is 8.13. The van der Waals surface area contributed by atoms with E-state index >= 15 is 0 Å². The van der Waals surface area contributed by atoms with Gasteiger partial charge in [0.25, 0.3) is 0 Å². The Kier molecular flexibility index (Phi) is 6.65. The second-order valence-corrected chi connectivity index (χ2v) is 5.65. The van der Waals surface area contributed by atoms with Gasteiger partial charge in [-0.15, -0.1) is 0 Å². The Morgan fingerprint density at radius 2 is 2.11 bits per heavy atom. The number of aryl methyl sites for hydroxylation is 1. The lowest BCUT2D eigenvalue weighted by atomic mass is 10.2. The van der Waals surface area contributed by atoms with E-state index in [1.165, 1.54) is 0 Å². The first-order chi connectivity index (χ1) is 8.59. The molecule has 0 aromatic heterocycles. The van der Waals surface area contributed by atoms with E-state index in [-0.39, 0.29) is 0 Å². The predicted molar refractivity (Wildman–Crippen MR) is 80.5 cm³/mol. The topological polar surface area (TPSA) is 47.6 Å². The van der Waals surface area contributed by atoms with Gasteiger partial charge in [-0.25, -0.2) is 0 Å². The maximum absolute atomic E-state index is 5.79. The SMILES string of the molecule is Cc1ccccc1OCCSC(N)=NCC(C)C. The van der Waals surface area contributed by atoms with E-state index in [0.717, 1.165) is 23.6 Å². The zero-order valence-corrected chi connectivity index (χ0v) is 12.2. The summed E-state index contributed by atoms with van der Waals surface area (Å²) >= 11 is 1.55. The fourth-order valence-electron chi connectivity index (χ4n) is 1.33. The second-order valence-electron chi connectivity index (χ2n) is 4.54. The minimum absolute atomic E-state index is 0.548. The Morgan fingerprint density at radius 1 is 1.39 bits per heavy atom. The van der Waals surface area contributed by atoms with Crippen molar-refractivity contribution in [2.45, 2.75) is 20.8 Å². The summed E-state index contributed by atoms with van der Waals surface area (Å²) in [5.74, 6) is 2.31. The van der Waals surface area contributed by atoms with E-state index in [2.05, 4.69) is 18.8 Å². The third-order valence-corrected chi connectivity index (χ3v) is 3.09. The van der Waals surface area contributed by atoms with E-state index in [1.54, 1.807) is 11.8 Å². The number of amidine groups is 1. The minimum atomic E-state index is 0.548. The minimum Gasteiger partial charge on any atom is -0.492 e. The third-order valence-electron chi connectivity index (χ3n) is 2.30. The van der Waals surface area contributed by atoms with E-state index < -0.39 is 0 Å². The molecule has 0 atom stereocenters. The van der Waals surface area contributed by atoms with Gasteiger partial charge in [-0.3, -0.25) is 4.99 Å². The first-order valence-electron chi connectivity index (χ1n) is 6.20. The Labute approximate surface area is 114 Å². The molecule has 1 aromatic carbocycles. The van der Waals surface area contributed by atoms with Crippen LogP contribution in [0.1, 0.15) is 19.4 Å². The van der Waals surface area contributed by atoms with Gasteiger partial charge >= 0.3 is 0 Å². The van der Waals surface area contributed by atoms with E-state index in [9.17, 15) is 0 Å². The summed E-state index contributed by atoms with van der Waals surface area (Å²) in [7, 11) is 0. The number of benzene rings is 1. The van der Waals surface area contributed by atoms with Gasteiger partial charge in [-0.2, -0.15) is 0 Å². The number of hydrogen-bond acceptors (Lipinski definition) is 3. The summed E-state index contributed by atoms with van der Waals surface area (Å²) in [6.45, 7) is 7.73. The van der Waals surface area contributed by atoms with Crippen molar-refractivity contribution in [1.82, 2.24) is 0 Å². The number of hydrogen-bond donors (Lipinski definition) is 1. The van der Waals surface area contributed by atoms with Crippen molar-refractivity contribution in [2.75, 3.05) is 18.9 Å². The van der Waals surface area contributed by atoms with Crippen LogP contribution < -0.4 is 10.5 Å². The first kappa shape index (κ1) is 14.9. The Morgan fingerprint density at radius 3 is 2.78 bits per heavy atom. The van der Waals surface area contributed by atoms with E-state index in [1.807, 2.05) is 31.2 Å². The van der Waals surface area contributed by atoms with Gasteiger partial charge in [0.1, 0.15) is 5.75 Å². The van der Waals surface area contributed by atoms with Crippen LogP contribution in [0.25, 0.3) is 0 Å². The summed E-state index contributed by atoms with van der Waals surface area (Å²) in [6, 6.07) is 8.01. The predicted octanol–water partition coefficient (Wildman–Crippen LogP) is 3.08. The van der Waals surface area contributed by atoms with Crippen LogP contribution in [0.5, 0.6) is 5.75 Å². The normalized spacial score (nSPS) is 11.9. The Hall–Kier alpha value is -1.16. The van der Waals surface area contributed by atoms with Crippen LogP contribution in [-0.2, 0) is 0 Å². The van der Waals surface area contributed by atoms with Crippen LogP contribution in [0.15, 0.2) is 29.3 Å². The molecule has 1 aromatic rings. The summed E-state index contributed by atoms with van der Waals surface area (Å²) in [6.07, 6.45) is 0. The first-order valence-corrected chi connectivity index (χ1v) is 7.19. The highest BCUT2D eigenvalue weighted by atomic mass is 32.2. The van der Waals surface area contributed by atoms with Crippen molar-refractivity contribution in [3.63, 3.8) is 0 Å². The highest BCUT2D eigenvalue weighted by Crippen LogP contribution is 2.16. The highest BCUT2D eigenvalue weighted by Gasteiger charge is 1.99. The second kappa shape index (κ2) is 8.03. The molecule has 0 unspecified atom stereocenters.